The molecule has 0 aromatic heterocycles. The van der Waals surface area contributed by atoms with Gasteiger partial charge in [-0.15, -0.1) is 0 Å². The van der Waals surface area contributed by atoms with Crippen LogP contribution in [0.25, 0.3) is 10.8 Å². The van der Waals surface area contributed by atoms with Crippen molar-refractivity contribution in [3.05, 3.63) is 45.4 Å². The minimum atomic E-state index is 0.518. The van der Waals surface area contributed by atoms with Crippen LogP contribution in [0.15, 0.2) is 24.3 Å². The number of hydrogen-bond acceptors (Lipinski definition) is 1. The molecule has 2 aromatic carbocycles. The van der Waals surface area contributed by atoms with Crippen molar-refractivity contribution in [1.29, 1.82) is 0 Å². The van der Waals surface area contributed by atoms with Crippen molar-refractivity contribution in [2.75, 3.05) is 0 Å². The highest BCUT2D eigenvalue weighted by atomic mass is 35.5. The maximum absolute atomic E-state index is 10.5. The van der Waals surface area contributed by atoms with Gasteiger partial charge in [0, 0.05) is 21.9 Å². The third-order valence-corrected chi connectivity index (χ3v) is 3.44. The lowest BCUT2D eigenvalue weighted by atomic mass is 9.96. The van der Waals surface area contributed by atoms with E-state index < -0.39 is 0 Å². The topological polar surface area (TPSA) is 17.1 Å². The van der Waals surface area contributed by atoms with Gasteiger partial charge in [-0.05, 0) is 48.1 Å². The SMILES string of the molecule is Cc1cc(Cl)c2ccc(Cl)cc2c1CCC=O. The van der Waals surface area contributed by atoms with Gasteiger partial charge in [0.05, 0.1) is 0 Å². The van der Waals surface area contributed by atoms with Crippen LogP contribution in [0.1, 0.15) is 17.5 Å². The van der Waals surface area contributed by atoms with Gasteiger partial charge in [0.15, 0.2) is 0 Å². The summed E-state index contributed by atoms with van der Waals surface area (Å²) in [5.41, 5.74) is 2.26. The molecule has 0 atom stereocenters. The molecule has 0 saturated carbocycles. The Balaban J connectivity index is 2.70. The van der Waals surface area contributed by atoms with Crippen LogP contribution >= 0.6 is 23.2 Å². The van der Waals surface area contributed by atoms with Gasteiger partial charge in [-0.25, -0.2) is 0 Å². The molecule has 0 spiro atoms. The quantitative estimate of drug-likeness (QED) is 0.743. The Kier molecular flexibility index (Phi) is 3.70. The molecule has 0 bridgehead atoms. The molecular weight excluding hydrogens is 255 g/mol. The summed E-state index contributed by atoms with van der Waals surface area (Å²) in [5, 5.41) is 3.45. The molecule has 0 aliphatic rings. The molecule has 0 radical (unpaired) electrons. The van der Waals surface area contributed by atoms with Crippen molar-refractivity contribution in [3.63, 3.8) is 0 Å². The molecule has 0 unspecified atom stereocenters. The van der Waals surface area contributed by atoms with Gasteiger partial charge in [0.1, 0.15) is 6.29 Å². The molecule has 2 aromatic rings. The van der Waals surface area contributed by atoms with E-state index in [1.165, 1.54) is 0 Å². The van der Waals surface area contributed by atoms with Crippen LogP contribution in [0.5, 0.6) is 0 Å². The monoisotopic (exact) mass is 266 g/mol. The Morgan fingerprint density at radius 2 is 1.94 bits per heavy atom. The minimum absolute atomic E-state index is 0.518. The molecule has 1 nitrogen and oxygen atoms in total. The first kappa shape index (κ1) is 12.4. The number of rotatable bonds is 3. The largest absolute Gasteiger partial charge is 0.303 e. The van der Waals surface area contributed by atoms with E-state index in [1.807, 2.05) is 31.2 Å². The molecule has 0 amide bonds. The van der Waals surface area contributed by atoms with E-state index in [0.717, 1.165) is 39.6 Å². The standard InChI is InChI=1S/C14H12Cl2O/c1-9-7-14(16)12-5-4-10(15)8-13(12)11(9)3-2-6-17/h4-8H,2-3H2,1H3. The van der Waals surface area contributed by atoms with Gasteiger partial charge in [-0.3, -0.25) is 0 Å². The molecular formula is C14H12Cl2O. The summed E-state index contributed by atoms with van der Waals surface area (Å²) >= 11 is 12.2. The summed E-state index contributed by atoms with van der Waals surface area (Å²) in [6, 6.07) is 7.60. The molecule has 88 valence electrons. The van der Waals surface area contributed by atoms with Crippen molar-refractivity contribution in [2.45, 2.75) is 19.8 Å². The summed E-state index contributed by atoms with van der Waals surface area (Å²) in [6.45, 7) is 2.01. The van der Waals surface area contributed by atoms with Gasteiger partial charge < -0.3 is 4.79 Å². The summed E-state index contributed by atoms with van der Waals surface area (Å²) in [5.74, 6) is 0. The second-order valence-corrected chi connectivity index (χ2v) is 4.89. The lowest BCUT2D eigenvalue weighted by Crippen LogP contribution is -1.93. The molecule has 2 rings (SSSR count). The fraction of sp³-hybridized carbons (Fsp3) is 0.214. The van der Waals surface area contributed by atoms with Crippen LogP contribution in [-0.4, -0.2) is 6.29 Å². The maximum atomic E-state index is 10.5. The van der Waals surface area contributed by atoms with Gasteiger partial charge in [-0.2, -0.15) is 0 Å². The number of fused-ring (bicyclic) bond motifs is 1. The van der Waals surface area contributed by atoms with Crippen LogP contribution in [0, 0.1) is 6.92 Å². The highest BCUT2D eigenvalue weighted by Crippen LogP contribution is 2.32. The Morgan fingerprint density at radius 1 is 1.18 bits per heavy atom. The summed E-state index contributed by atoms with van der Waals surface area (Å²) in [7, 11) is 0. The lowest BCUT2D eigenvalue weighted by Gasteiger charge is -2.11. The zero-order valence-corrected chi connectivity index (χ0v) is 11.0. The first-order chi connectivity index (χ1) is 8.13. The molecule has 0 saturated heterocycles. The van der Waals surface area contributed by atoms with E-state index in [9.17, 15) is 4.79 Å². The molecule has 0 N–H and O–H groups in total. The number of carbonyl (C=O) groups is 1. The Hall–Kier alpha value is -1.05. The number of hydrogen-bond donors (Lipinski definition) is 0. The van der Waals surface area contributed by atoms with Crippen LogP contribution < -0.4 is 0 Å². The van der Waals surface area contributed by atoms with E-state index in [4.69, 9.17) is 23.2 Å². The Labute approximate surface area is 110 Å². The van der Waals surface area contributed by atoms with Gasteiger partial charge in [-0.1, -0.05) is 29.3 Å². The van der Waals surface area contributed by atoms with Crippen molar-refractivity contribution in [3.8, 4) is 0 Å². The summed E-state index contributed by atoms with van der Waals surface area (Å²) in [6.07, 6.45) is 2.18. The molecule has 0 heterocycles. The second-order valence-electron chi connectivity index (χ2n) is 4.05. The summed E-state index contributed by atoms with van der Waals surface area (Å²) in [4.78, 5) is 10.5. The first-order valence-electron chi connectivity index (χ1n) is 5.44. The minimum Gasteiger partial charge on any atom is -0.303 e. The van der Waals surface area contributed by atoms with Crippen LogP contribution in [-0.2, 0) is 11.2 Å². The smallest absolute Gasteiger partial charge is 0.120 e. The predicted octanol–water partition coefficient (Wildman–Crippen LogP) is 4.59. The van der Waals surface area contributed by atoms with E-state index >= 15 is 0 Å². The Morgan fingerprint density at radius 3 is 2.65 bits per heavy atom. The molecule has 0 aliphatic heterocycles. The van der Waals surface area contributed by atoms with E-state index in [-0.39, 0.29) is 0 Å². The lowest BCUT2D eigenvalue weighted by molar-refractivity contribution is -0.107. The van der Waals surface area contributed by atoms with Crippen LogP contribution in [0.2, 0.25) is 10.0 Å². The fourth-order valence-corrected chi connectivity index (χ4v) is 2.58. The average Bonchev–Trinajstić information content (AvgIpc) is 2.28. The van der Waals surface area contributed by atoms with Crippen LogP contribution in [0.3, 0.4) is 0 Å². The van der Waals surface area contributed by atoms with Crippen molar-refractivity contribution in [2.24, 2.45) is 0 Å². The van der Waals surface area contributed by atoms with Crippen LogP contribution in [0.4, 0.5) is 0 Å². The number of aldehydes is 1. The van der Waals surface area contributed by atoms with E-state index in [2.05, 4.69) is 0 Å². The van der Waals surface area contributed by atoms with Gasteiger partial charge in [0.25, 0.3) is 0 Å². The predicted molar refractivity (Wildman–Crippen MR) is 73.1 cm³/mol. The second kappa shape index (κ2) is 5.07. The first-order valence-corrected chi connectivity index (χ1v) is 6.20. The maximum Gasteiger partial charge on any atom is 0.120 e. The summed E-state index contributed by atoms with van der Waals surface area (Å²) < 4.78 is 0. The van der Waals surface area contributed by atoms with Crippen molar-refractivity contribution >= 4 is 40.3 Å². The number of halogens is 2. The highest BCUT2D eigenvalue weighted by Gasteiger charge is 2.09. The highest BCUT2D eigenvalue weighted by molar-refractivity contribution is 6.36. The van der Waals surface area contributed by atoms with Crippen molar-refractivity contribution < 1.29 is 4.79 Å². The Bertz CT molecular complexity index is 576. The third kappa shape index (κ3) is 2.46. The zero-order chi connectivity index (χ0) is 12.4. The van der Waals surface area contributed by atoms with Crippen molar-refractivity contribution in [1.82, 2.24) is 0 Å². The molecule has 3 heteroatoms. The fourth-order valence-electron chi connectivity index (χ4n) is 2.08. The van der Waals surface area contributed by atoms with E-state index in [0.29, 0.717) is 11.4 Å². The molecule has 17 heavy (non-hydrogen) atoms. The molecule has 0 aliphatic carbocycles. The number of benzene rings is 2. The number of carbonyl (C=O) groups excluding carboxylic acids is 1. The van der Waals surface area contributed by atoms with Gasteiger partial charge >= 0.3 is 0 Å². The van der Waals surface area contributed by atoms with Gasteiger partial charge in [0.2, 0.25) is 0 Å². The third-order valence-electron chi connectivity index (χ3n) is 2.90. The van der Waals surface area contributed by atoms with E-state index in [1.54, 1.807) is 0 Å². The normalized spacial score (nSPS) is 10.8. The zero-order valence-electron chi connectivity index (χ0n) is 9.47. The number of aryl methyl sites for hydroxylation is 2. The average molecular weight is 267 g/mol. The molecule has 0 fully saturated rings.